The van der Waals surface area contributed by atoms with Crippen molar-refractivity contribution in [2.75, 3.05) is 34.5 Å². The van der Waals surface area contributed by atoms with E-state index >= 15 is 0 Å². The summed E-state index contributed by atoms with van der Waals surface area (Å²) in [7, 11) is 10.4. The van der Waals surface area contributed by atoms with Gasteiger partial charge in [0.2, 0.25) is 0 Å². The van der Waals surface area contributed by atoms with Crippen molar-refractivity contribution in [2.45, 2.75) is 235 Å². The number of hydrogen-bond acceptors (Lipinski definition) is 30. The second kappa shape index (κ2) is 76.3. The summed E-state index contributed by atoms with van der Waals surface area (Å²) in [5.41, 5.74) is -2.36. The van der Waals surface area contributed by atoms with Crippen LogP contribution in [0.4, 0.5) is 0 Å². The topological polar surface area (TPSA) is 400 Å². The zero-order chi connectivity index (χ0) is 71.3. The van der Waals surface area contributed by atoms with Crippen LogP contribution in [-0.2, 0) is 230 Å². The molecule has 3 rings (SSSR count). The molecule has 3 fully saturated rings. The molecule has 555 valence electrons. The van der Waals surface area contributed by atoms with E-state index in [1.54, 1.807) is 43.2 Å². The molecule has 3 aliphatic rings. The Balaban J connectivity index is -0.000000111. The van der Waals surface area contributed by atoms with Crippen molar-refractivity contribution in [3.8, 4) is 0 Å². The molecule has 3 heterocycles. The first-order valence-corrected chi connectivity index (χ1v) is 36.6. The number of ether oxygens (including phenoxy) is 6. The SMILES string of the molecule is C1CCSSC1.CC(=O)O[C@H]1CSSC[C@@H]1O.O=C([O-])CCCCC[C@]1(O)CSSC[C@@H]1O.[CH2-]C[C@H](O)[C@H]([CH2-])O.[CH2-]C[C@H](O)[C@H]([CH2-])OC(C)=O.[CH2-]C[C@H](O)[C@]([CH2-])(O)CCCCCC(=O)[O-].[CH2-]C[C@H](OC(C)=O)[C@H]([CH2-])OC(C)=O.[CH2-]C[C@H](OC(C)=O)[C@H]([CH2-])OC(C)=O.[Y].[Y].[Y].[Y].[Y]. The van der Waals surface area contributed by atoms with Gasteiger partial charge in [-0.1, -0.05) is 96.9 Å². The average molecular weight is 1860 g/mol. The minimum Gasteiger partial charge on any atom is -0.550 e. The number of aliphatic hydroxyl groups is 8. The molecule has 0 saturated carbocycles. The average Bonchev–Trinajstić information content (AvgIpc) is 1.29. The summed E-state index contributed by atoms with van der Waals surface area (Å²) in [4.78, 5) is 83.3. The molecule has 24 nitrogen and oxygen atoms in total. The molecule has 0 aromatic rings. The molecule has 3 saturated heterocycles. The van der Waals surface area contributed by atoms with Crippen LogP contribution in [0.3, 0.4) is 0 Å². The molecular formula is C61H104O24S6Y5-12. The van der Waals surface area contributed by atoms with Gasteiger partial charge in [-0.15, -0.1) is 12.8 Å². The summed E-state index contributed by atoms with van der Waals surface area (Å²) >= 11 is 0. The summed E-state index contributed by atoms with van der Waals surface area (Å²) < 4.78 is 28.6. The third-order valence-electron chi connectivity index (χ3n) is 11.7. The smallest absolute Gasteiger partial charge is 0.303 e. The van der Waals surface area contributed by atoms with Crippen LogP contribution in [0.1, 0.15) is 151 Å². The monoisotopic (exact) mass is 1860 g/mol. The number of unbranched alkanes of at least 4 members (excludes halogenated alkanes) is 4. The fourth-order valence-electron chi connectivity index (χ4n) is 6.47. The summed E-state index contributed by atoms with van der Waals surface area (Å²) in [5.74, 6) is 0.568. The summed E-state index contributed by atoms with van der Waals surface area (Å²) in [5, 5.41) is 94.4. The van der Waals surface area contributed by atoms with Crippen LogP contribution in [-0.4, -0.2) is 208 Å². The minimum absolute atomic E-state index is 0. The minimum atomic E-state index is -1.37. The van der Waals surface area contributed by atoms with Crippen LogP contribution in [0, 0.1) is 69.2 Å². The predicted molar refractivity (Wildman–Crippen MR) is 356 cm³/mol. The summed E-state index contributed by atoms with van der Waals surface area (Å²) in [6, 6.07) is 0. The predicted octanol–water partition coefficient (Wildman–Crippen LogP) is 4.75. The number of carbonyl (C=O) groups is 8. The van der Waals surface area contributed by atoms with Crippen molar-refractivity contribution in [1.29, 1.82) is 0 Å². The summed E-state index contributed by atoms with van der Waals surface area (Å²) in [6.07, 6.45) is 1.19. The normalized spacial score (nSPS) is 19.8. The maximum absolute atomic E-state index is 10.6. The van der Waals surface area contributed by atoms with Gasteiger partial charge >= 0.3 is 17.9 Å². The molecule has 14 atom stereocenters. The molecule has 3 aliphatic heterocycles. The zero-order valence-corrected chi connectivity index (χ0v) is 75.8. The Labute approximate surface area is 722 Å². The van der Waals surface area contributed by atoms with Crippen LogP contribution in [0.25, 0.3) is 0 Å². The molecule has 0 aromatic heterocycles. The van der Waals surface area contributed by atoms with Gasteiger partial charge in [0.1, 0.15) is 17.8 Å². The molecule has 0 aromatic carbocycles. The Bertz CT molecular complexity index is 1880. The van der Waals surface area contributed by atoms with Crippen LogP contribution in [0.5, 0.6) is 0 Å². The fraction of sp³-hybridized carbons (Fsp3) is 0.705. The maximum atomic E-state index is 10.6. The first-order valence-electron chi connectivity index (χ1n) is 29.2. The molecule has 96 heavy (non-hydrogen) atoms. The second-order valence-electron chi connectivity index (χ2n) is 20.2. The van der Waals surface area contributed by atoms with E-state index in [4.69, 9.17) is 39.0 Å². The van der Waals surface area contributed by atoms with Gasteiger partial charge in [-0.25, -0.2) is 0 Å². The maximum Gasteiger partial charge on any atom is 0.303 e. The first-order chi connectivity index (χ1) is 42.3. The molecule has 0 unspecified atom stereocenters. The molecule has 0 bridgehead atoms. The fourth-order valence-corrected chi connectivity index (χ4v) is 13.8. The van der Waals surface area contributed by atoms with E-state index in [9.17, 15) is 74.1 Å². The Morgan fingerprint density at radius 3 is 1.20 bits per heavy atom. The number of esters is 6. The van der Waals surface area contributed by atoms with Crippen LogP contribution < -0.4 is 10.2 Å². The van der Waals surface area contributed by atoms with Gasteiger partial charge in [-0.3, -0.25) is 42.6 Å². The molecule has 35 heteroatoms. The van der Waals surface area contributed by atoms with Gasteiger partial charge in [0.15, 0.2) is 0 Å². The molecule has 5 radical (unpaired) electrons. The van der Waals surface area contributed by atoms with Crippen molar-refractivity contribution in [3.63, 3.8) is 0 Å². The molecule has 8 N–H and O–H groups in total. The zero-order valence-electron chi connectivity index (χ0n) is 56.7. The Morgan fingerprint density at radius 2 is 0.896 bits per heavy atom. The number of carboxylic acids is 2. The van der Waals surface area contributed by atoms with E-state index in [2.05, 4.69) is 74.0 Å². The third kappa shape index (κ3) is 76.7. The number of aliphatic carboxylic acids is 2. The molecule has 0 spiro atoms. The largest absolute Gasteiger partial charge is 0.550 e. The van der Waals surface area contributed by atoms with Gasteiger partial charge in [0.05, 0.1) is 18.3 Å². The van der Waals surface area contributed by atoms with E-state index in [-0.39, 0.29) is 195 Å². The van der Waals surface area contributed by atoms with Gasteiger partial charge in [-0.2, -0.15) is 19.3 Å². The van der Waals surface area contributed by atoms with Crippen molar-refractivity contribution in [1.82, 2.24) is 0 Å². The van der Waals surface area contributed by atoms with E-state index < -0.39 is 120 Å². The molecule has 0 aliphatic carbocycles. The van der Waals surface area contributed by atoms with Crippen LogP contribution >= 0.6 is 64.8 Å². The van der Waals surface area contributed by atoms with Gasteiger partial charge in [0, 0.05) is 288 Å². The van der Waals surface area contributed by atoms with Crippen molar-refractivity contribution in [3.05, 3.63) is 69.2 Å². The van der Waals surface area contributed by atoms with Crippen LogP contribution in [0.15, 0.2) is 0 Å². The van der Waals surface area contributed by atoms with E-state index in [0.29, 0.717) is 87.2 Å². The van der Waals surface area contributed by atoms with Crippen LogP contribution in [0.2, 0.25) is 0 Å². The van der Waals surface area contributed by atoms with E-state index in [1.807, 2.05) is 21.6 Å². The van der Waals surface area contributed by atoms with Gasteiger partial charge in [-0.05, 0) is 56.7 Å². The summed E-state index contributed by atoms with van der Waals surface area (Å²) in [6.45, 7) is 42.3. The Hall–Kier alpha value is 3.06. The number of hydrogen-bond donors (Lipinski definition) is 8. The first kappa shape index (κ1) is 120. The van der Waals surface area contributed by atoms with Crippen molar-refractivity contribution < 1.29 is 281 Å². The molecule has 0 amide bonds. The molecular weight excluding hydrogens is 1750 g/mol. The third-order valence-corrected chi connectivity index (χ3v) is 19.2. The standard InChI is InChI=1S/C11H20O4.C10H18O4S2.2C9H14O4.C7H12O3.C6H10O3S2.C5H10O2.C4H8S2.5Y/c1-3-9(12)11(2,15)8-6-4-5-7-10(13)14;11-8-6-15-16-7-10(8,14)5-3-1-2-4-9(12)13;2*1-5-9(13-8(4)11)6(2)12-7(3)10;1-4-7(9)5(2)10-6(3)8;1-4(7)9-6-3-11-10-2-5(6)8;1-3-5(7)4(2)6;1-2-4-6-5-3-1;;;;;/h9,12,15H,1-8H2,(H,13,14);8,11,14H,1-7H2,(H,12,13);2*6,9H,1-2,5H2,3-4H3;5,7,9H,1-2,4H2,3H3;5-6,8H,2-3H2,1H3;4-7H,1-3H2;1-4H2;;;;;/q-2;;3*-2;;-2;;;;;;/p-2/t9-,11+;8-,10-;2*6-,9-;5-,7-;5-,6-;4-,5-;;;;;;/m0000000....../s1. The number of carbonyl (C=O) groups excluding carboxylic acids is 8. The van der Waals surface area contributed by atoms with Crippen molar-refractivity contribution in [2.24, 2.45) is 0 Å². The Morgan fingerprint density at radius 1 is 0.510 bits per heavy atom. The van der Waals surface area contributed by atoms with Gasteiger partial charge < -0.3 is 144 Å². The second-order valence-corrected chi connectivity index (χ2v) is 27.9. The van der Waals surface area contributed by atoms with E-state index in [0.717, 1.165) is 12.8 Å². The Kier molecular flexibility index (Phi) is 95.4. The van der Waals surface area contributed by atoms with Gasteiger partial charge in [0.25, 0.3) is 17.9 Å². The number of rotatable bonds is 28. The quantitative estimate of drug-likeness (QED) is 0.0172. The number of aliphatic hydroxyl groups excluding tert-OH is 6. The van der Waals surface area contributed by atoms with Crippen molar-refractivity contribution >= 4 is 113 Å². The number of carboxylic acid groups (broad SMARTS) is 2. The van der Waals surface area contributed by atoms with E-state index in [1.165, 1.54) is 65.9 Å².